The quantitative estimate of drug-likeness (QED) is 0.640. The second kappa shape index (κ2) is 6.06. The smallest absolute Gasteiger partial charge is 0.199 e. The monoisotopic (exact) mass is 286 g/mol. The summed E-state index contributed by atoms with van der Waals surface area (Å²) >= 11 is -0.339. The normalized spacial score (nSPS) is 15.9. The molecule has 1 unspecified atom stereocenters. The van der Waals surface area contributed by atoms with Gasteiger partial charge in [-0.05, 0) is 20.8 Å². The van der Waals surface area contributed by atoms with Crippen LogP contribution in [0.15, 0.2) is 43.0 Å². The third kappa shape index (κ3) is 4.05. The first-order valence-electron chi connectivity index (χ1n) is 6.17. The van der Waals surface area contributed by atoms with Gasteiger partial charge in [-0.15, -0.1) is 11.3 Å². The fourth-order valence-electron chi connectivity index (χ4n) is 1.48. The van der Waals surface area contributed by atoms with E-state index in [4.69, 9.17) is 0 Å². The van der Waals surface area contributed by atoms with E-state index in [-0.39, 0.29) is 21.4 Å². The van der Waals surface area contributed by atoms with Crippen LogP contribution < -0.4 is 4.72 Å². The van der Waals surface area contributed by atoms with Crippen molar-refractivity contribution in [1.82, 2.24) is 4.72 Å². The lowest BCUT2D eigenvalue weighted by Gasteiger charge is -2.27. The highest BCUT2D eigenvalue weighted by Gasteiger charge is 2.44. The van der Waals surface area contributed by atoms with Crippen LogP contribution in [0, 0.1) is 0 Å². The van der Waals surface area contributed by atoms with Gasteiger partial charge in [0.05, 0.1) is 11.1 Å². The maximum atomic E-state index is 14.4. The first kappa shape index (κ1) is 16.2. The number of alkyl halides is 2. The number of hydrogen-bond acceptors (Lipinski definition) is 1. The molecule has 4 heteroatoms. The average molecular weight is 286 g/mol. The van der Waals surface area contributed by atoms with E-state index in [0.29, 0.717) is 0 Å². The van der Waals surface area contributed by atoms with Crippen molar-refractivity contribution in [3.8, 4) is 0 Å². The van der Waals surface area contributed by atoms with Crippen molar-refractivity contribution in [2.75, 3.05) is 6.26 Å². The van der Waals surface area contributed by atoms with Gasteiger partial charge in [-0.25, -0.2) is 0 Å². The minimum atomic E-state index is -2.96. The molecule has 106 valence electrons. The number of halogens is 2. The zero-order valence-electron chi connectivity index (χ0n) is 11.9. The van der Waals surface area contributed by atoms with Gasteiger partial charge in [0.15, 0.2) is 0 Å². The topological polar surface area (TPSA) is 12.0 Å². The largest absolute Gasteiger partial charge is 0.295 e. The Balaban J connectivity index is 2.94. The molecule has 1 N–H and O–H groups in total. The predicted octanol–water partition coefficient (Wildman–Crippen LogP) is 3.88. The zero-order chi connectivity index (χ0) is 14.7. The van der Waals surface area contributed by atoms with E-state index in [1.807, 2.05) is 27.0 Å². The Morgan fingerprint density at radius 2 is 1.74 bits per heavy atom. The van der Waals surface area contributed by atoms with Crippen LogP contribution in [0.1, 0.15) is 26.3 Å². The van der Waals surface area contributed by atoms with E-state index in [9.17, 15) is 8.78 Å². The van der Waals surface area contributed by atoms with Gasteiger partial charge in [0, 0.05) is 5.56 Å². The third-order valence-corrected chi connectivity index (χ3v) is 5.45. The first-order chi connectivity index (χ1) is 8.69. The first-order valence-corrected chi connectivity index (χ1v) is 7.81. The molecule has 0 heterocycles. The molecule has 2 atom stereocenters. The molecule has 0 aliphatic heterocycles. The van der Waals surface area contributed by atoms with E-state index in [1.165, 1.54) is 18.2 Å². The standard InChI is InChI=1S/C15H22F2NS/c1-6-13(18-19(5)14(2,3)4)15(16,17)12-10-8-7-9-11-12/h6-11,13,18H,1H2,2-5H3/q+1/t13-,19?/m1/s1. The van der Waals surface area contributed by atoms with E-state index in [2.05, 4.69) is 11.3 Å². The molecule has 0 aliphatic carbocycles. The summed E-state index contributed by atoms with van der Waals surface area (Å²) in [5.41, 5.74) is 0.0123. The van der Waals surface area contributed by atoms with Crippen molar-refractivity contribution in [2.45, 2.75) is 37.5 Å². The van der Waals surface area contributed by atoms with Gasteiger partial charge in [-0.2, -0.15) is 8.78 Å². The number of rotatable bonds is 5. The highest BCUT2D eigenvalue weighted by Crippen LogP contribution is 2.33. The number of hydrogen-bond donors (Lipinski definition) is 1. The van der Waals surface area contributed by atoms with Gasteiger partial charge in [0.25, 0.3) is 5.92 Å². The SMILES string of the molecule is C=C[C@@H](N[S+](C)C(C)(C)C)C(F)(F)c1ccccc1. The summed E-state index contributed by atoms with van der Waals surface area (Å²) in [5.74, 6) is -2.96. The minimum Gasteiger partial charge on any atom is -0.199 e. The Kier molecular flexibility index (Phi) is 5.16. The second-order valence-corrected chi connectivity index (χ2v) is 7.92. The fraction of sp³-hybridized carbons (Fsp3) is 0.467. The Bertz CT molecular complexity index is 412. The summed E-state index contributed by atoms with van der Waals surface area (Å²) in [5, 5.41) is 0. The van der Waals surface area contributed by atoms with Gasteiger partial charge < -0.3 is 0 Å². The van der Waals surface area contributed by atoms with Crippen molar-refractivity contribution in [3.05, 3.63) is 48.6 Å². The van der Waals surface area contributed by atoms with Crippen molar-refractivity contribution in [2.24, 2.45) is 0 Å². The van der Waals surface area contributed by atoms with Gasteiger partial charge in [-0.3, -0.25) is 0 Å². The molecule has 0 aliphatic rings. The van der Waals surface area contributed by atoms with E-state index in [0.717, 1.165) is 0 Å². The summed E-state index contributed by atoms with van der Waals surface area (Å²) in [7, 11) is 0. The molecule has 1 nitrogen and oxygen atoms in total. The summed E-state index contributed by atoms with van der Waals surface area (Å²) in [6, 6.07) is 6.81. The molecule has 0 bridgehead atoms. The maximum absolute atomic E-state index is 14.4. The molecule has 0 saturated heterocycles. The summed E-state index contributed by atoms with van der Waals surface area (Å²) in [6.07, 6.45) is 3.24. The molecule has 1 aromatic carbocycles. The molecule has 0 saturated carbocycles. The van der Waals surface area contributed by atoms with Crippen molar-refractivity contribution in [3.63, 3.8) is 0 Å². The lowest BCUT2D eigenvalue weighted by atomic mass is 10.0. The zero-order valence-corrected chi connectivity index (χ0v) is 12.7. The van der Waals surface area contributed by atoms with Crippen LogP contribution in [-0.2, 0) is 17.0 Å². The Labute approximate surface area is 117 Å². The highest BCUT2D eigenvalue weighted by molar-refractivity contribution is 7.95. The fourth-order valence-corrected chi connectivity index (χ4v) is 2.46. The van der Waals surface area contributed by atoms with Crippen LogP contribution in [0.5, 0.6) is 0 Å². The number of benzene rings is 1. The third-order valence-electron chi connectivity index (χ3n) is 3.01. The van der Waals surface area contributed by atoms with Gasteiger partial charge in [0.1, 0.15) is 17.0 Å². The van der Waals surface area contributed by atoms with Gasteiger partial charge in [0.2, 0.25) is 0 Å². The summed E-state index contributed by atoms with van der Waals surface area (Å²) in [6.45, 7) is 9.64. The van der Waals surface area contributed by atoms with Gasteiger partial charge >= 0.3 is 0 Å². The van der Waals surface area contributed by atoms with Crippen LogP contribution in [0.2, 0.25) is 0 Å². The van der Waals surface area contributed by atoms with E-state index >= 15 is 0 Å². The molecule has 0 aromatic heterocycles. The van der Waals surface area contributed by atoms with Gasteiger partial charge in [-0.1, -0.05) is 36.4 Å². The maximum Gasteiger partial charge on any atom is 0.295 e. The minimum absolute atomic E-state index is 0.0123. The molecule has 0 radical (unpaired) electrons. The Morgan fingerprint density at radius 1 is 1.21 bits per heavy atom. The highest BCUT2D eigenvalue weighted by atomic mass is 32.2. The molecule has 0 fully saturated rings. The van der Waals surface area contributed by atoms with Crippen molar-refractivity contribution >= 4 is 11.1 Å². The van der Waals surface area contributed by atoms with Crippen LogP contribution in [0.3, 0.4) is 0 Å². The van der Waals surface area contributed by atoms with Crippen molar-refractivity contribution in [1.29, 1.82) is 0 Å². The van der Waals surface area contributed by atoms with Crippen LogP contribution in [-0.4, -0.2) is 17.0 Å². The molecular weight excluding hydrogens is 264 g/mol. The predicted molar refractivity (Wildman–Crippen MR) is 80.5 cm³/mol. The molecule has 19 heavy (non-hydrogen) atoms. The van der Waals surface area contributed by atoms with Crippen LogP contribution in [0.4, 0.5) is 8.78 Å². The lowest BCUT2D eigenvalue weighted by molar-refractivity contribution is -0.0213. The molecule has 1 aromatic rings. The Hall–Kier alpha value is -0.870. The van der Waals surface area contributed by atoms with Crippen LogP contribution >= 0.6 is 0 Å². The van der Waals surface area contributed by atoms with E-state index < -0.39 is 12.0 Å². The van der Waals surface area contributed by atoms with E-state index in [1.54, 1.807) is 18.2 Å². The molecule has 0 spiro atoms. The summed E-state index contributed by atoms with van der Waals surface area (Å²) in [4.78, 5) is 0. The number of nitrogens with one attached hydrogen (secondary N) is 1. The molecule has 1 rings (SSSR count). The second-order valence-electron chi connectivity index (χ2n) is 5.44. The molecular formula is C15H22F2NS+. The van der Waals surface area contributed by atoms with Crippen LogP contribution in [0.25, 0.3) is 0 Å². The van der Waals surface area contributed by atoms with Crippen molar-refractivity contribution < 1.29 is 8.78 Å². The summed E-state index contributed by atoms with van der Waals surface area (Å²) < 4.78 is 31.8. The Morgan fingerprint density at radius 3 is 2.16 bits per heavy atom. The molecule has 0 amide bonds. The average Bonchev–Trinajstić information content (AvgIpc) is 2.35. The lowest BCUT2D eigenvalue weighted by Crippen LogP contribution is -2.49.